The number of benzene rings is 1. The minimum absolute atomic E-state index is 0.140. The number of nitrogens with one attached hydrogen (secondary N) is 1. The zero-order valence-corrected chi connectivity index (χ0v) is 12.9. The lowest BCUT2D eigenvalue weighted by atomic mass is 10.1. The molecule has 1 nitrogen and oxygen atoms in total. The molecular formula is C12H10BrCl2NS. The summed E-state index contributed by atoms with van der Waals surface area (Å²) in [5.41, 5.74) is 1.17. The van der Waals surface area contributed by atoms with Crippen molar-refractivity contribution in [2.75, 3.05) is 7.05 Å². The van der Waals surface area contributed by atoms with Crippen molar-refractivity contribution in [3.63, 3.8) is 0 Å². The van der Waals surface area contributed by atoms with Gasteiger partial charge in [-0.25, -0.2) is 0 Å². The first-order valence-corrected chi connectivity index (χ1v) is 7.36. The van der Waals surface area contributed by atoms with E-state index in [9.17, 15) is 0 Å². The fourth-order valence-electron chi connectivity index (χ4n) is 1.63. The van der Waals surface area contributed by atoms with Crippen LogP contribution in [0.5, 0.6) is 0 Å². The van der Waals surface area contributed by atoms with E-state index in [1.165, 1.54) is 10.4 Å². The van der Waals surface area contributed by atoms with Crippen molar-refractivity contribution in [2.45, 2.75) is 6.04 Å². The zero-order valence-electron chi connectivity index (χ0n) is 9.01. The average Bonchev–Trinajstić information content (AvgIpc) is 2.63. The molecule has 0 amide bonds. The van der Waals surface area contributed by atoms with Crippen molar-refractivity contribution < 1.29 is 0 Å². The van der Waals surface area contributed by atoms with Crippen molar-refractivity contribution in [3.8, 4) is 0 Å². The molecule has 0 saturated heterocycles. The summed E-state index contributed by atoms with van der Waals surface area (Å²) >= 11 is 17.0. The fraction of sp³-hybridized carbons (Fsp3) is 0.167. The second-order valence-electron chi connectivity index (χ2n) is 3.54. The van der Waals surface area contributed by atoms with E-state index in [2.05, 4.69) is 21.2 Å². The van der Waals surface area contributed by atoms with E-state index in [1.807, 2.05) is 37.4 Å². The van der Waals surface area contributed by atoms with E-state index in [0.717, 1.165) is 13.8 Å². The second-order valence-corrected chi connectivity index (χ2v) is 6.79. The van der Waals surface area contributed by atoms with E-state index in [1.54, 1.807) is 11.3 Å². The van der Waals surface area contributed by atoms with Gasteiger partial charge in [0.05, 0.1) is 14.9 Å². The Kier molecular flexibility index (Phi) is 4.50. The summed E-state index contributed by atoms with van der Waals surface area (Å²) in [5, 5.41) is 4.78. The summed E-state index contributed by atoms with van der Waals surface area (Å²) < 4.78 is 0.961. The first-order valence-electron chi connectivity index (χ1n) is 4.99. The van der Waals surface area contributed by atoms with Crippen LogP contribution in [-0.2, 0) is 0 Å². The van der Waals surface area contributed by atoms with Crippen LogP contribution in [0.4, 0.5) is 0 Å². The number of halogens is 3. The number of hydrogen-bond acceptors (Lipinski definition) is 2. The van der Waals surface area contributed by atoms with Crippen LogP contribution in [0, 0.1) is 0 Å². The smallest absolute Gasteiger partial charge is 0.0888 e. The first-order chi connectivity index (χ1) is 8.11. The minimum Gasteiger partial charge on any atom is -0.309 e. The Morgan fingerprint density at radius 3 is 2.35 bits per heavy atom. The van der Waals surface area contributed by atoms with Gasteiger partial charge in [0.1, 0.15) is 0 Å². The van der Waals surface area contributed by atoms with Gasteiger partial charge in [-0.1, -0.05) is 35.3 Å². The van der Waals surface area contributed by atoms with Crippen LogP contribution in [0.2, 0.25) is 10.0 Å². The minimum atomic E-state index is 0.140. The molecule has 5 heteroatoms. The predicted molar refractivity (Wildman–Crippen MR) is 79.4 cm³/mol. The van der Waals surface area contributed by atoms with Gasteiger partial charge in [-0.3, -0.25) is 0 Å². The van der Waals surface area contributed by atoms with Gasteiger partial charge in [0.15, 0.2) is 0 Å². The molecule has 0 aliphatic heterocycles. The molecule has 0 fully saturated rings. The first kappa shape index (κ1) is 13.4. The third-order valence-electron chi connectivity index (χ3n) is 2.44. The molecule has 1 heterocycles. The Bertz CT molecular complexity index is 490. The van der Waals surface area contributed by atoms with Crippen LogP contribution in [0.15, 0.2) is 34.1 Å². The van der Waals surface area contributed by atoms with E-state index < -0.39 is 0 Å². The highest BCUT2D eigenvalue weighted by molar-refractivity contribution is 9.11. The summed E-state index contributed by atoms with van der Waals surface area (Å²) in [6, 6.07) is 9.94. The maximum absolute atomic E-state index is 6.06. The Morgan fingerprint density at radius 1 is 1.24 bits per heavy atom. The van der Waals surface area contributed by atoms with Crippen molar-refractivity contribution >= 4 is 50.5 Å². The summed E-state index contributed by atoms with van der Waals surface area (Å²) in [5.74, 6) is 0. The van der Waals surface area contributed by atoms with Crippen LogP contribution < -0.4 is 5.32 Å². The molecule has 0 bridgehead atoms. The van der Waals surface area contributed by atoms with Gasteiger partial charge >= 0.3 is 0 Å². The van der Waals surface area contributed by atoms with Gasteiger partial charge < -0.3 is 5.32 Å². The molecule has 0 aliphatic carbocycles. The van der Waals surface area contributed by atoms with Gasteiger partial charge in [0.25, 0.3) is 0 Å². The molecule has 2 aromatic rings. The second kappa shape index (κ2) is 5.72. The SMILES string of the molecule is CNC(c1ccc(Cl)cc1)c1cc(Cl)c(Br)s1. The maximum atomic E-state index is 6.06. The summed E-state index contributed by atoms with van der Waals surface area (Å²) in [6.45, 7) is 0. The van der Waals surface area contributed by atoms with Gasteiger partial charge in [0, 0.05) is 9.90 Å². The van der Waals surface area contributed by atoms with Gasteiger partial charge in [0.2, 0.25) is 0 Å². The molecule has 90 valence electrons. The largest absolute Gasteiger partial charge is 0.309 e. The highest BCUT2D eigenvalue weighted by Gasteiger charge is 2.16. The molecule has 17 heavy (non-hydrogen) atoms. The lowest BCUT2D eigenvalue weighted by Gasteiger charge is -2.14. The summed E-state index contributed by atoms with van der Waals surface area (Å²) in [6.07, 6.45) is 0. The lowest BCUT2D eigenvalue weighted by molar-refractivity contribution is 0.704. The molecule has 1 N–H and O–H groups in total. The van der Waals surface area contributed by atoms with Crippen molar-refractivity contribution in [1.82, 2.24) is 5.32 Å². The summed E-state index contributed by atoms with van der Waals surface area (Å²) in [4.78, 5) is 1.17. The topological polar surface area (TPSA) is 12.0 Å². The van der Waals surface area contributed by atoms with E-state index in [-0.39, 0.29) is 6.04 Å². The molecule has 1 atom stereocenters. The monoisotopic (exact) mass is 349 g/mol. The molecule has 1 unspecified atom stereocenters. The van der Waals surface area contributed by atoms with Crippen LogP contribution in [0.1, 0.15) is 16.5 Å². The number of rotatable bonds is 3. The van der Waals surface area contributed by atoms with E-state index in [4.69, 9.17) is 23.2 Å². The highest BCUT2D eigenvalue weighted by Crippen LogP contribution is 2.37. The molecule has 0 saturated carbocycles. The van der Waals surface area contributed by atoms with Crippen LogP contribution >= 0.6 is 50.5 Å². The van der Waals surface area contributed by atoms with Crippen molar-refractivity contribution in [1.29, 1.82) is 0 Å². The highest BCUT2D eigenvalue weighted by atomic mass is 79.9. The summed E-state index contributed by atoms with van der Waals surface area (Å²) in [7, 11) is 1.93. The third-order valence-corrected chi connectivity index (χ3v) is 5.23. The van der Waals surface area contributed by atoms with Crippen LogP contribution in [0.3, 0.4) is 0 Å². The number of thiophene rings is 1. The molecule has 0 aliphatic rings. The van der Waals surface area contributed by atoms with Crippen LogP contribution in [-0.4, -0.2) is 7.05 Å². The lowest BCUT2D eigenvalue weighted by Crippen LogP contribution is -2.16. The Morgan fingerprint density at radius 2 is 1.88 bits per heavy atom. The average molecular weight is 351 g/mol. The molecule has 0 spiro atoms. The van der Waals surface area contributed by atoms with Crippen molar-refractivity contribution in [2.24, 2.45) is 0 Å². The Balaban J connectivity index is 2.36. The molecule has 0 radical (unpaired) electrons. The number of hydrogen-bond donors (Lipinski definition) is 1. The normalized spacial score (nSPS) is 12.7. The molecule has 1 aromatic carbocycles. The fourth-order valence-corrected chi connectivity index (χ4v) is 3.65. The van der Waals surface area contributed by atoms with Crippen LogP contribution in [0.25, 0.3) is 0 Å². The van der Waals surface area contributed by atoms with Gasteiger partial charge in [-0.05, 0) is 46.7 Å². The predicted octanol–water partition coefficient (Wildman–Crippen LogP) is 5.13. The maximum Gasteiger partial charge on any atom is 0.0888 e. The van der Waals surface area contributed by atoms with Crippen molar-refractivity contribution in [3.05, 3.63) is 54.6 Å². The Hall–Kier alpha value is -0.0600. The van der Waals surface area contributed by atoms with E-state index in [0.29, 0.717) is 0 Å². The molecule has 2 rings (SSSR count). The van der Waals surface area contributed by atoms with E-state index >= 15 is 0 Å². The zero-order chi connectivity index (χ0) is 12.4. The quantitative estimate of drug-likeness (QED) is 0.809. The van der Waals surface area contributed by atoms with Gasteiger partial charge in [-0.2, -0.15) is 0 Å². The van der Waals surface area contributed by atoms with Gasteiger partial charge in [-0.15, -0.1) is 11.3 Å². The Labute approximate surface area is 123 Å². The third kappa shape index (κ3) is 3.04. The molecule has 1 aromatic heterocycles. The standard InChI is InChI=1S/C12H10BrCl2NS/c1-16-11(7-2-4-8(14)5-3-7)10-6-9(15)12(13)17-10/h2-6,11,16H,1H3. The molecular weight excluding hydrogens is 341 g/mol.